The number of rotatable bonds is 4. The maximum absolute atomic E-state index is 12.0. The van der Waals surface area contributed by atoms with Gasteiger partial charge in [-0.3, -0.25) is 14.6 Å². The molecule has 0 spiro atoms. The first-order chi connectivity index (χ1) is 8.61. The minimum absolute atomic E-state index is 0.224. The van der Waals surface area contributed by atoms with E-state index in [1.54, 1.807) is 24.1 Å². The highest BCUT2D eigenvalue weighted by Crippen LogP contribution is 2.17. The minimum atomic E-state index is -0.334. The van der Waals surface area contributed by atoms with Gasteiger partial charge in [0.1, 0.15) is 0 Å². The number of amides is 1. The summed E-state index contributed by atoms with van der Waals surface area (Å²) < 4.78 is 1.60. The summed E-state index contributed by atoms with van der Waals surface area (Å²) in [5, 5.41) is 13.4. The maximum Gasteiger partial charge on any atom is 0.278 e. The van der Waals surface area contributed by atoms with Crippen molar-refractivity contribution in [2.45, 2.75) is 19.8 Å². The Morgan fingerprint density at radius 2 is 2.39 bits per heavy atom. The smallest absolute Gasteiger partial charge is 0.278 e. The monoisotopic (exact) mass is 248 g/mol. The summed E-state index contributed by atoms with van der Waals surface area (Å²) in [7, 11) is 1.78. The van der Waals surface area contributed by atoms with Crippen molar-refractivity contribution in [2.75, 3.05) is 11.1 Å². The summed E-state index contributed by atoms with van der Waals surface area (Å²) in [4.78, 5) is 12.0. The fourth-order valence-electron chi connectivity index (χ4n) is 1.68. The fourth-order valence-corrected chi connectivity index (χ4v) is 1.68. The van der Waals surface area contributed by atoms with E-state index in [4.69, 9.17) is 5.73 Å². The van der Waals surface area contributed by atoms with E-state index in [-0.39, 0.29) is 11.6 Å². The van der Waals surface area contributed by atoms with Gasteiger partial charge in [0.05, 0.1) is 23.3 Å². The van der Waals surface area contributed by atoms with Crippen LogP contribution in [-0.2, 0) is 13.5 Å². The van der Waals surface area contributed by atoms with Crippen molar-refractivity contribution in [3.63, 3.8) is 0 Å². The SMILES string of the molecule is CCCc1[nH]nc(C(=O)Nc2cnn(C)c2)c1N. The molecule has 0 aliphatic heterocycles. The number of aryl methyl sites for hydroxylation is 2. The first kappa shape index (κ1) is 12.2. The highest BCUT2D eigenvalue weighted by atomic mass is 16.2. The van der Waals surface area contributed by atoms with Gasteiger partial charge in [0.25, 0.3) is 5.91 Å². The van der Waals surface area contributed by atoms with Gasteiger partial charge in [-0.25, -0.2) is 0 Å². The van der Waals surface area contributed by atoms with Crippen LogP contribution in [0.2, 0.25) is 0 Å². The molecule has 0 aliphatic carbocycles. The average molecular weight is 248 g/mol. The molecule has 0 aromatic carbocycles. The van der Waals surface area contributed by atoms with Crippen LogP contribution in [0.25, 0.3) is 0 Å². The maximum atomic E-state index is 12.0. The number of aromatic nitrogens is 4. The number of nitrogens with zero attached hydrogens (tertiary/aromatic N) is 3. The molecule has 7 nitrogen and oxygen atoms in total. The van der Waals surface area contributed by atoms with Crippen LogP contribution in [0.15, 0.2) is 12.4 Å². The van der Waals surface area contributed by atoms with E-state index in [1.165, 1.54) is 0 Å². The second-order valence-corrected chi connectivity index (χ2v) is 4.07. The van der Waals surface area contributed by atoms with Gasteiger partial charge in [-0.15, -0.1) is 0 Å². The van der Waals surface area contributed by atoms with Crippen LogP contribution in [0.3, 0.4) is 0 Å². The number of H-pyrrole nitrogens is 1. The van der Waals surface area contributed by atoms with Crippen LogP contribution < -0.4 is 11.1 Å². The van der Waals surface area contributed by atoms with Crippen molar-refractivity contribution < 1.29 is 4.79 Å². The summed E-state index contributed by atoms with van der Waals surface area (Å²) in [6, 6.07) is 0. The summed E-state index contributed by atoms with van der Waals surface area (Å²) in [6.45, 7) is 2.04. The molecule has 2 heterocycles. The van der Waals surface area contributed by atoms with Crippen molar-refractivity contribution >= 4 is 17.3 Å². The molecule has 0 aliphatic rings. The van der Waals surface area contributed by atoms with Crippen LogP contribution in [0.4, 0.5) is 11.4 Å². The summed E-state index contributed by atoms with van der Waals surface area (Å²) in [6.07, 6.45) is 4.98. The van der Waals surface area contributed by atoms with Gasteiger partial charge in [0.15, 0.2) is 5.69 Å². The molecular weight excluding hydrogens is 232 g/mol. The van der Waals surface area contributed by atoms with Gasteiger partial charge in [-0.05, 0) is 6.42 Å². The lowest BCUT2D eigenvalue weighted by molar-refractivity contribution is 0.102. The molecule has 4 N–H and O–H groups in total. The lowest BCUT2D eigenvalue weighted by Crippen LogP contribution is -2.14. The quantitative estimate of drug-likeness (QED) is 0.749. The Kier molecular flexibility index (Phi) is 3.31. The molecule has 0 saturated carbocycles. The third kappa shape index (κ3) is 2.34. The molecule has 0 bridgehead atoms. The van der Waals surface area contributed by atoms with Gasteiger partial charge in [-0.2, -0.15) is 10.2 Å². The number of nitrogen functional groups attached to an aromatic ring is 1. The molecule has 0 atom stereocenters. The number of hydrogen-bond acceptors (Lipinski definition) is 4. The van der Waals surface area contributed by atoms with Crippen molar-refractivity contribution in [1.82, 2.24) is 20.0 Å². The Morgan fingerprint density at radius 3 is 3.00 bits per heavy atom. The zero-order valence-electron chi connectivity index (χ0n) is 10.4. The third-order valence-electron chi connectivity index (χ3n) is 2.56. The van der Waals surface area contributed by atoms with Crippen LogP contribution in [-0.4, -0.2) is 25.9 Å². The standard InChI is InChI=1S/C11H16N6O/c1-3-4-8-9(12)10(16-15-8)11(18)14-7-5-13-17(2)6-7/h5-6H,3-4,12H2,1-2H3,(H,14,18)(H,15,16). The zero-order chi connectivity index (χ0) is 13.1. The predicted octanol–water partition coefficient (Wildman–Crippen LogP) is 0.930. The van der Waals surface area contributed by atoms with Crippen LogP contribution in [0.5, 0.6) is 0 Å². The van der Waals surface area contributed by atoms with E-state index in [2.05, 4.69) is 20.6 Å². The molecule has 7 heteroatoms. The molecule has 0 radical (unpaired) electrons. The van der Waals surface area contributed by atoms with Crippen molar-refractivity contribution in [1.29, 1.82) is 0 Å². The Labute approximate surface area is 104 Å². The average Bonchev–Trinajstić information content (AvgIpc) is 2.87. The highest BCUT2D eigenvalue weighted by Gasteiger charge is 2.17. The van der Waals surface area contributed by atoms with Gasteiger partial charge in [0, 0.05) is 13.2 Å². The fraction of sp³-hybridized carbons (Fsp3) is 0.364. The molecule has 96 valence electrons. The number of carbonyl (C=O) groups excluding carboxylic acids is 1. The molecule has 1 amide bonds. The van der Waals surface area contributed by atoms with Gasteiger partial charge in [-0.1, -0.05) is 13.3 Å². The van der Waals surface area contributed by atoms with Gasteiger partial charge >= 0.3 is 0 Å². The lowest BCUT2D eigenvalue weighted by atomic mass is 10.2. The molecule has 2 aromatic heterocycles. The number of anilines is 2. The topological polar surface area (TPSA) is 102 Å². The van der Waals surface area contributed by atoms with Crippen molar-refractivity contribution in [3.8, 4) is 0 Å². The van der Waals surface area contributed by atoms with Gasteiger partial charge < -0.3 is 11.1 Å². The molecule has 2 rings (SSSR count). The Hall–Kier alpha value is -2.31. The highest BCUT2D eigenvalue weighted by molar-refractivity contribution is 6.06. The summed E-state index contributed by atoms with van der Waals surface area (Å²) >= 11 is 0. The van der Waals surface area contributed by atoms with E-state index in [1.807, 2.05) is 6.92 Å². The molecule has 0 fully saturated rings. The Bertz CT molecular complexity index is 556. The Morgan fingerprint density at radius 1 is 1.61 bits per heavy atom. The zero-order valence-corrected chi connectivity index (χ0v) is 10.4. The minimum Gasteiger partial charge on any atom is -0.395 e. The van der Waals surface area contributed by atoms with E-state index in [0.29, 0.717) is 11.4 Å². The second-order valence-electron chi connectivity index (χ2n) is 4.07. The first-order valence-electron chi connectivity index (χ1n) is 5.74. The van der Waals surface area contributed by atoms with E-state index in [9.17, 15) is 4.79 Å². The molecule has 2 aromatic rings. The summed E-state index contributed by atoms with van der Waals surface area (Å²) in [5.74, 6) is -0.334. The van der Waals surface area contributed by atoms with E-state index in [0.717, 1.165) is 18.5 Å². The number of nitrogens with two attached hydrogens (primary N) is 1. The van der Waals surface area contributed by atoms with Crippen LogP contribution >= 0.6 is 0 Å². The number of carbonyl (C=O) groups is 1. The molecule has 0 saturated heterocycles. The molecular formula is C11H16N6O. The Balaban J connectivity index is 2.14. The number of aromatic amines is 1. The third-order valence-corrected chi connectivity index (χ3v) is 2.56. The number of nitrogens with one attached hydrogen (secondary N) is 2. The van der Waals surface area contributed by atoms with Crippen LogP contribution in [0, 0.1) is 0 Å². The predicted molar refractivity (Wildman–Crippen MR) is 68.2 cm³/mol. The van der Waals surface area contributed by atoms with Crippen molar-refractivity contribution in [2.24, 2.45) is 7.05 Å². The van der Waals surface area contributed by atoms with Crippen molar-refractivity contribution in [3.05, 3.63) is 23.8 Å². The number of hydrogen-bond donors (Lipinski definition) is 3. The first-order valence-corrected chi connectivity index (χ1v) is 5.74. The van der Waals surface area contributed by atoms with Gasteiger partial charge in [0.2, 0.25) is 0 Å². The molecule has 18 heavy (non-hydrogen) atoms. The summed E-state index contributed by atoms with van der Waals surface area (Å²) in [5.41, 5.74) is 7.93. The molecule has 0 unspecified atom stereocenters. The van der Waals surface area contributed by atoms with E-state index >= 15 is 0 Å². The largest absolute Gasteiger partial charge is 0.395 e. The normalized spacial score (nSPS) is 10.6. The van der Waals surface area contributed by atoms with Crippen LogP contribution in [0.1, 0.15) is 29.5 Å². The second kappa shape index (κ2) is 4.91. The lowest BCUT2D eigenvalue weighted by Gasteiger charge is -2.00. The van der Waals surface area contributed by atoms with E-state index < -0.39 is 0 Å².